The Morgan fingerprint density at radius 1 is 1.08 bits per heavy atom. The van der Waals surface area contributed by atoms with Crippen LogP contribution in [0.2, 0.25) is 0 Å². The molecule has 4 nitrogen and oxygen atoms in total. The number of nitrogens with zero attached hydrogens (tertiary/aromatic N) is 2. The van der Waals surface area contributed by atoms with E-state index in [1.54, 1.807) is 4.90 Å². The Labute approximate surface area is 155 Å². The molecule has 26 heavy (non-hydrogen) atoms. The summed E-state index contributed by atoms with van der Waals surface area (Å²) in [6, 6.07) is 17.3. The van der Waals surface area contributed by atoms with E-state index in [1.807, 2.05) is 61.6 Å². The highest BCUT2D eigenvalue weighted by molar-refractivity contribution is 6.09. The van der Waals surface area contributed by atoms with Gasteiger partial charge < -0.3 is 9.64 Å². The topological polar surface area (TPSA) is 41.9 Å². The Bertz CT molecular complexity index is 784. The van der Waals surface area contributed by atoms with Crippen molar-refractivity contribution in [2.24, 2.45) is 10.9 Å². The number of benzene rings is 2. The van der Waals surface area contributed by atoms with Crippen LogP contribution in [0, 0.1) is 5.92 Å². The number of benzodiazepines with no additional fused rings is 1. The molecule has 1 aliphatic rings. The van der Waals surface area contributed by atoms with E-state index < -0.39 is 6.04 Å². The van der Waals surface area contributed by atoms with Crippen LogP contribution in [-0.2, 0) is 16.0 Å². The SMILES string of the molecule is CC(C)CCOC1=NC(Cc2ccccc2)C(=O)N(C)c2ccccc21. The summed E-state index contributed by atoms with van der Waals surface area (Å²) in [6.07, 6.45) is 1.52. The minimum atomic E-state index is -0.483. The molecular formula is C22H26N2O2. The molecule has 2 aromatic carbocycles. The highest BCUT2D eigenvalue weighted by Crippen LogP contribution is 2.26. The number of carbonyl (C=O) groups excluding carboxylic acids is 1. The number of fused-ring (bicyclic) bond motifs is 1. The Morgan fingerprint density at radius 2 is 1.77 bits per heavy atom. The largest absolute Gasteiger partial charge is 0.477 e. The lowest BCUT2D eigenvalue weighted by Crippen LogP contribution is -2.36. The highest BCUT2D eigenvalue weighted by atomic mass is 16.5. The number of likely N-dealkylation sites (N-methyl/N-ethyl adjacent to an activating group) is 1. The molecular weight excluding hydrogens is 324 g/mol. The van der Waals surface area contributed by atoms with Gasteiger partial charge in [0.05, 0.1) is 17.9 Å². The molecule has 1 aliphatic heterocycles. The smallest absolute Gasteiger partial charge is 0.252 e. The summed E-state index contributed by atoms with van der Waals surface area (Å²) in [6.45, 7) is 4.93. The molecule has 3 rings (SSSR count). The average molecular weight is 350 g/mol. The van der Waals surface area contributed by atoms with Crippen molar-refractivity contribution in [3.8, 4) is 0 Å². The first-order valence-corrected chi connectivity index (χ1v) is 9.17. The van der Waals surface area contributed by atoms with Crippen molar-refractivity contribution in [1.82, 2.24) is 0 Å². The zero-order chi connectivity index (χ0) is 18.5. The number of hydrogen-bond donors (Lipinski definition) is 0. The Balaban J connectivity index is 1.93. The van der Waals surface area contributed by atoms with Crippen LogP contribution in [0.25, 0.3) is 0 Å². The molecule has 0 spiro atoms. The molecule has 4 heteroatoms. The summed E-state index contributed by atoms with van der Waals surface area (Å²) in [4.78, 5) is 19.4. The summed E-state index contributed by atoms with van der Waals surface area (Å²) in [5.41, 5.74) is 2.81. The predicted molar refractivity (Wildman–Crippen MR) is 106 cm³/mol. The van der Waals surface area contributed by atoms with Crippen molar-refractivity contribution in [2.75, 3.05) is 18.6 Å². The van der Waals surface area contributed by atoms with E-state index in [2.05, 4.69) is 13.8 Å². The third kappa shape index (κ3) is 4.13. The molecule has 0 radical (unpaired) electrons. The van der Waals surface area contributed by atoms with Gasteiger partial charge in [-0.15, -0.1) is 0 Å². The van der Waals surface area contributed by atoms with Gasteiger partial charge in [0.25, 0.3) is 5.91 Å². The van der Waals surface area contributed by atoms with E-state index in [0.29, 0.717) is 24.8 Å². The van der Waals surface area contributed by atoms with Crippen molar-refractivity contribution >= 4 is 17.5 Å². The molecule has 136 valence electrons. The molecule has 0 fully saturated rings. The molecule has 2 aromatic rings. The summed E-state index contributed by atoms with van der Waals surface area (Å²) < 4.78 is 6.04. The number of carbonyl (C=O) groups is 1. The monoisotopic (exact) mass is 350 g/mol. The van der Waals surface area contributed by atoms with Crippen LogP contribution in [0.4, 0.5) is 5.69 Å². The lowest BCUT2D eigenvalue weighted by Gasteiger charge is -2.20. The molecule has 1 amide bonds. The van der Waals surface area contributed by atoms with Gasteiger partial charge in [0.1, 0.15) is 6.04 Å². The maximum absolute atomic E-state index is 13.0. The number of ether oxygens (including phenoxy) is 1. The van der Waals surface area contributed by atoms with Crippen LogP contribution >= 0.6 is 0 Å². The number of hydrogen-bond acceptors (Lipinski definition) is 3. The van der Waals surface area contributed by atoms with Crippen LogP contribution in [0.15, 0.2) is 59.6 Å². The molecule has 0 saturated carbocycles. The third-order valence-corrected chi connectivity index (χ3v) is 4.59. The quantitative estimate of drug-likeness (QED) is 0.815. The van der Waals surface area contributed by atoms with E-state index in [-0.39, 0.29) is 5.91 Å². The second kappa shape index (κ2) is 8.17. The predicted octanol–water partition coefficient (Wildman–Crippen LogP) is 4.08. The van der Waals surface area contributed by atoms with E-state index in [9.17, 15) is 4.79 Å². The first-order chi connectivity index (χ1) is 12.6. The first-order valence-electron chi connectivity index (χ1n) is 9.17. The van der Waals surface area contributed by atoms with Crippen LogP contribution < -0.4 is 4.90 Å². The molecule has 1 heterocycles. The van der Waals surface area contributed by atoms with Crippen molar-refractivity contribution in [2.45, 2.75) is 32.7 Å². The number of rotatable bonds is 5. The number of para-hydroxylation sites is 1. The summed E-state index contributed by atoms with van der Waals surface area (Å²) in [5, 5.41) is 0. The van der Waals surface area contributed by atoms with Crippen molar-refractivity contribution in [1.29, 1.82) is 0 Å². The Hall–Kier alpha value is -2.62. The van der Waals surface area contributed by atoms with E-state index in [4.69, 9.17) is 9.73 Å². The van der Waals surface area contributed by atoms with Gasteiger partial charge in [-0.2, -0.15) is 0 Å². The van der Waals surface area contributed by atoms with Gasteiger partial charge in [0, 0.05) is 13.5 Å². The zero-order valence-electron chi connectivity index (χ0n) is 15.7. The van der Waals surface area contributed by atoms with Gasteiger partial charge in [0.2, 0.25) is 5.90 Å². The normalized spacial score (nSPS) is 16.9. The molecule has 0 aromatic heterocycles. The van der Waals surface area contributed by atoms with Crippen molar-refractivity contribution in [3.63, 3.8) is 0 Å². The lowest BCUT2D eigenvalue weighted by atomic mass is 10.1. The first kappa shape index (κ1) is 18.2. The zero-order valence-corrected chi connectivity index (χ0v) is 15.7. The van der Waals surface area contributed by atoms with Gasteiger partial charge in [-0.1, -0.05) is 56.3 Å². The molecule has 0 saturated heterocycles. The molecule has 0 aliphatic carbocycles. The minimum Gasteiger partial charge on any atom is -0.477 e. The maximum atomic E-state index is 13.0. The van der Waals surface area contributed by atoms with E-state index in [1.165, 1.54) is 0 Å². The average Bonchev–Trinajstić information content (AvgIpc) is 2.74. The third-order valence-electron chi connectivity index (χ3n) is 4.59. The summed E-state index contributed by atoms with van der Waals surface area (Å²) in [5.74, 6) is 1.12. The standard InChI is InChI=1S/C22H26N2O2/c1-16(2)13-14-26-21-18-11-7-8-12-20(18)24(3)22(25)19(23-21)15-17-9-5-4-6-10-17/h4-12,16,19H,13-15H2,1-3H3. The van der Waals surface area contributed by atoms with Crippen molar-refractivity contribution < 1.29 is 9.53 Å². The molecule has 1 atom stereocenters. The fourth-order valence-electron chi connectivity index (χ4n) is 3.03. The van der Waals surface area contributed by atoms with Gasteiger partial charge in [-0.3, -0.25) is 4.79 Å². The Kier molecular flexibility index (Phi) is 5.71. The second-order valence-corrected chi connectivity index (χ2v) is 7.09. The summed E-state index contributed by atoms with van der Waals surface area (Å²) in [7, 11) is 1.81. The van der Waals surface area contributed by atoms with Crippen LogP contribution in [-0.4, -0.2) is 31.5 Å². The van der Waals surface area contributed by atoms with Gasteiger partial charge >= 0.3 is 0 Å². The molecule has 0 bridgehead atoms. The fourth-order valence-corrected chi connectivity index (χ4v) is 3.03. The van der Waals surface area contributed by atoms with Crippen molar-refractivity contribution in [3.05, 3.63) is 65.7 Å². The highest BCUT2D eigenvalue weighted by Gasteiger charge is 2.30. The number of amides is 1. The van der Waals surface area contributed by atoms with Crippen LogP contribution in [0.5, 0.6) is 0 Å². The summed E-state index contributed by atoms with van der Waals surface area (Å²) >= 11 is 0. The van der Waals surface area contributed by atoms with Gasteiger partial charge in [0.15, 0.2) is 0 Å². The van der Waals surface area contributed by atoms with Crippen LogP contribution in [0.3, 0.4) is 0 Å². The molecule has 1 unspecified atom stereocenters. The van der Waals surface area contributed by atoms with Gasteiger partial charge in [-0.25, -0.2) is 4.99 Å². The maximum Gasteiger partial charge on any atom is 0.252 e. The number of anilines is 1. The Morgan fingerprint density at radius 3 is 2.50 bits per heavy atom. The second-order valence-electron chi connectivity index (χ2n) is 7.09. The van der Waals surface area contributed by atoms with Crippen LogP contribution in [0.1, 0.15) is 31.4 Å². The lowest BCUT2D eigenvalue weighted by molar-refractivity contribution is -0.119. The van der Waals surface area contributed by atoms with E-state index in [0.717, 1.165) is 23.2 Å². The minimum absolute atomic E-state index is 0.0104. The number of aliphatic imine (C=N–C) groups is 1. The fraction of sp³-hybridized carbons (Fsp3) is 0.364. The van der Waals surface area contributed by atoms with Gasteiger partial charge in [-0.05, 0) is 30.0 Å². The molecule has 0 N–H and O–H groups in total. The van der Waals surface area contributed by atoms with E-state index >= 15 is 0 Å².